The van der Waals surface area contributed by atoms with Gasteiger partial charge in [-0.25, -0.2) is 0 Å². The van der Waals surface area contributed by atoms with Crippen LogP contribution in [0.4, 0.5) is 0 Å². The Kier molecular flexibility index (Phi) is 2.92. The lowest BCUT2D eigenvalue weighted by Crippen LogP contribution is -2.36. The van der Waals surface area contributed by atoms with E-state index in [-0.39, 0.29) is 0 Å². The molecular weight excluding hydrogens is 158 g/mol. The molecule has 2 heterocycles. The van der Waals surface area contributed by atoms with Gasteiger partial charge in [-0.2, -0.15) is 0 Å². The first kappa shape index (κ1) is 9.51. The first-order chi connectivity index (χ1) is 6.24. The molecule has 3 rings (SSSR count). The molecule has 0 aromatic carbocycles. The highest BCUT2D eigenvalue weighted by Crippen LogP contribution is 2.33. The molecule has 2 saturated heterocycles. The Balaban J connectivity index is 2.06. The zero-order valence-corrected chi connectivity index (χ0v) is 9.13. The highest BCUT2D eigenvalue weighted by Gasteiger charge is 2.26. The summed E-state index contributed by atoms with van der Waals surface area (Å²) < 4.78 is 0. The van der Waals surface area contributed by atoms with E-state index in [0.29, 0.717) is 0 Å². The molecule has 0 spiro atoms. The van der Waals surface area contributed by atoms with Gasteiger partial charge < -0.3 is 4.90 Å². The molecule has 0 N–H and O–H groups in total. The van der Waals surface area contributed by atoms with Crippen molar-refractivity contribution >= 4 is 0 Å². The smallest absolute Gasteiger partial charge is 0.000682 e. The van der Waals surface area contributed by atoms with Gasteiger partial charge in [-0.15, -0.1) is 0 Å². The number of nitrogens with zero attached hydrogens (tertiary/aromatic N) is 1. The summed E-state index contributed by atoms with van der Waals surface area (Å²) >= 11 is 0. The Hall–Kier alpha value is -0.0400. The lowest BCUT2D eigenvalue weighted by molar-refractivity contribution is 0.129. The third-order valence-corrected chi connectivity index (χ3v) is 3.84. The maximum absolute atomic E-state index is 2.57. The first-order valence-corrected chi connectivity index (χ1v) is 5.92. The largest absolute Gasteiger partial charge is 0.306 e. The summed E-state index contributed by atoms with van der Waals surface area (Å²) in [5.41, 5.74) is 0. The van der Waals surface area contributed by atoms with E-state index in [1.807, 2.05) is 0 Å². The molecule has 0 aromatic rings. The van der Waals surface area contributed by atoms with Crippen molar-refractivity contribution in [1.29, 1.82) is 0 Å². The maximum Gasteiger partial charge on any atom is 0.000682 e. The minimum atomic E-state index is 0.990. The second-order valence-corrected chi connectivity index (χ2v) is 5.46. The fraction of sp³-hybridized carbons (Fsp3) is 1.00. The number of fused-ring (bicyclic) bond motifs is 6. The van der Waals surface area contributed by atoms with Gasteiger partial charge in [-0.3, -0.25) is 0 Å². The number of hydrogen-bond donors (Lipinski definition) is 0. The summed E-state index contributed by atoms with van der Waals surface area (Å²) in [6.07, 6.45) is 7.45. The van der Waals surface area contributed by atoms with Crippen LogP contribution < -0.4 is 0 Å². The van der Waals surface area contributed by atoms with Gasteiger partial charge in [0.2, 0.25) is 0 Å². The Labute approximate surface area is 82.5 Å². The highest BCUT2D eigenvalue weighted by atomic mass is 15.1. The van der Waals surface area contributed by atoms with E-state index in [1.54, 1.807) is 0 Å². The van der Waals surface area contributed by atoms with Crippen LogP contribution in [0.25, 0.3) is 0 Å². The summed E-state index contributed by atoms with van der Waals surface area (Å²) in [6, 6.07) is 0. The summed E-state index contributed by atoms with van der Waals surface area (Å²) in [5, 5.41) is 0. The molecule has 13 heavy (non-hydrogen) atoms. The van der Waals surface area contributed by atoms with E-state index in [0.717, 1.165) is 17.8 Å². The first-order valence-electron chi connectivity index (χ1n) is 5.92. The van der Waals surface area contributed by atoms with Crippen LogP contribution in [-0.2, 0) is 0 Å². The molecule has 0 radical (unpaired) electrons. The van der Waals surface area contributed by atoms with E-state index in [9.17, 15) is 0 Å². The van der Waals surface area contributed by atoms with Crippen LogP contribution in [0, 0.1) is 17.8 Å². The van der Waals surface area contributed by atoms with Crippen molar-refractivity contribution in [3.8, 4) is 0 Å². The van der Waals surface area contributed by atoms with E-state index < -0.39 is 0 Å². The van der Waals surface area contributed by atoms with Crippen LogP contribution in [0.3, 0.4) is 0 Å². The van der Waals surface area contributed by atoms with Crippen molar-refractivity contribution in [2.24, 2.45) is 17.8 Å². The molecule has 2 aliphatic heterocycles. The van der Waals surface area contributed by atoms with Crippen LogP contribution in [-0.4, -0.2) is 25.0 Å². The highest BCUT2D eigenvalue weighted by molar-refractivity contribution is 4.79. The van der Waals surface area contributed by atoms with Crippen LogP contribution >= 0.6 is 0 Å². The van der Waals surface area contributed by atoms with Gasteiger partial charge in [-0.05, 0) is 50.5 Å². The molecule has 3 fully saturated rings. The van der Waals surface area contributed by atoms with Crippen LogP contribution in [0.2, 0.25) is 0 Å². The molecule has 3 aliphatic rings. The molecule has 2 unspecified atom stereocenters. The van der Waals surface area contributed by atoms with E-state index >= 15 is 0 Å². The summed E-state index contributed by atoms with van der Waals surface area (Å²) in [6.45, 7) is 5.18. The van der Waals surface area contributed by atoms with Gasteiger partial charge in [0.15, 0.2) is 0 Å². The van der Waals surface area contributed by atoms with Crippen molar-refractivity contribution in [2.45, 2.75) is 39.0 Å². The van der Waals surface area contributed by atoms with Crippen LogP contribution in [0.5, 0.6) is 0 Å². The van der Waals surface area contributed by atoms with Crippen molar-refractivity contribution in [2.75, 3.05) is 20.1 Å². The standard InChI is InChI=1S/C12H23N/c1-10-6-11-4-3-5-12(7-10)9-13(2)8-11/h10-12H,3-9H2,1-2H3. The van der Waals surface area contributed by atoms with Crippen molar-refractivity contribution in [3.63, 3.8) is 0 Å². The van der Waals surface area contributed by atoms with E-state index in [1.165, 1.54) is 45.2 Å². The predicted octanol–water partition coefficient (Wildman–Crippen LogP) is 2.76. The molecule has 1 aliphatic carbocycles. The lowest BCUT2D eigenvalue weighted by Gasteiger charge is -2.37. The molecule has 1 saturated carbocycles. The lowest BCUT2D eigenvalue weighted by atomic mass is 9.78. The second kappa shape index (κ2) is 4.00. The zero-order valence-electron chi connectivity index (χ0n) is 9.13. The second-order valence-electron chi connectivity index (χ2n) is 5.46. The molecule has 1 nitrogen and oxygen atoms in total. The van der Waals surface area contributed by atoms with Gasteiger partial charge in [0.1, 0.15) is 0 Å². The average molecular weight is 181 g/mol. The average Bonchev–Trinajstić information content (AvgIpc) is 1.95. The Morgan fingerprint density at radius 2 is 1.54 bits per heavy atom. The third kappa shape index (κ3) is 2.46. The zero-order chi connectivity index (χ0) is 9.26. The monoisotopic (exact) mass is 181 g/mol. The SMILES string of the molecule is CC1CC2CCCC(C1)CN(C)C2. The Morgan fingerprint density at radius 1 is 1.00 bits per heavy atom. The van der Waals surface area contributed by atoms with Crippen LogP contribution in [0.15, 0.2) is 0 Å². The van der Waals surface area contributed by atoms with Gasteiger partial charge in [0.05, 0.1) is 0 Å². The molecule has 1 heteroatoms. The third-order valence-electron chi connectivity index (χ3n) is 3.84. The molecule has 76 valence electrons. The van der Waals surface area contributed by atoms with E-state index in [2.05, 4.69) is 18.9 Å². The number of rotatable bonds is 0. The minimum absolute atomic E-state index is 0.990. The molecule has 0 aromatic heterocycles. The normalized spacial score (nSPS) is 42.5. The quantitative estimate of drug-likeness (QED) is 0.555. The maximum atomic E-state index is 2.57. The van der Waals surface area contributed by atoms with E-state index in [4.69, 9.17) is 0 Å². The summed E-state index contributed by atoms with van der Waals surface area (Å²) in [7, 11) is 2.31. The van der Waals surface area contributed by atoms with Gasteiger partial charge in [-0.1, -0.05) is 13.3 Å². The summed E-state index contributed by atoms with van der Waals surface area (Å²) in [4.78, 5) is 2.57. The fourth-order valence-electron chi connectivity index (χ4n) is 3.45. The van der Waals surface area contributed by atoms with Crippen molar-refractivity contribution in [3.05, 3.63) is 0 Å². The molecule has 0 amide bonds. The van der Waals surface area contributed by atoms with Gasteiger partial charge >= 0.3 is 0 Å². The van der Waals surface area contributed by atoms with Crippen LogP contribution in [0.1, 0.15) is 39.0 Å². The molecule has 2 bridgehead atoms. The fourth-order valence-corrected chi connectivity index (χ4v) is 3.45. The Bertz CT molecular complexity index is 137. The Morgan fingerprint density at radius 3 is 2.08 bits per heavy atom. The van der Waals surface area contributed by atoms with Crippen molar-refractivity contribution < 1.29 is 0 Å². The molecule has 2 atom stereocenters. The number of hydrogen-bond acceptors (Lipinski definition) is 1. The van der Waals surface area contributed by atoms with Gasteiger partial charge in [0.25, 0.3) is 0 Å². The summed E-state index contributed by atoms with van der Waals surface area (Å²) in [5.74, 6) is 2.99. The topological polar surface area (TPSA) is 3.24 Å². The predicted molar refractivity (Wildman–Crippen MR) is 56.7 cm³/mol. The molecular formula is C12H23N. The van der Waals surface area contributed by atoms with Crippen molar-refractivity contribution in [1.82, 2.24) is 4.90 Å². The van der Waals surface area contributed by atoms with Gasteiger partial charge in [0, 0.05) is 13.1 Å². The minimum Gasteiger partial charge on any atom is -0.306 e.